The number of imidazole rings is 1. The molecule has 4 aromatic rings. The third kappa shape index (κ3) is 3.28. The van der Waals surface area contributed by atoms with E-state index in [-0.39, 0.29) is 17.9 Å². The molecule has 0 bridgehead atoms. The second-order valence-electron chi connectivity index (χ2n) is 8.57. The standard InChI is InChI=1S/C23H24N8O/c1-14(2)22-27-19-12-25-21(18-11-26-30-8-6-16(10-24)9-20(18)30)28-23(19)31(22)17-5-4-7-29(13-17)15(3)32/h6,8-9,11-12,14,17H,4-5,7,13H2,1-3H3/t17-/m0/s1. The number of hydrogen-bond acceptors (Lipinski definition) is 6. The molecule has 0 N–H and O–H groups in total. The molecule has 4 aromatic heterocycles. The van der Waals surface area contributed by atoms with Crippen molar-refractivity contribution < 1.29 is 4.79 Å². The van der Waals surface area contributed by atoms with Gasteiger partial charge in [0.25, 0.3) is 0 Å². The lowest BCUT2D eigenvalue weighted by Crippen LogP contribution is -2.39. The lowest BCUT2D eigenvalue weighted by molar-refractivity contribution is -0.130. The normalized spacial score (nSPS) is 16.7. The van der Waals surface area contributed by atoms with Gasteiger partial charge in [-0.25, -0.2) is 19.5 Å². The molecule has 32 heavy (non-hydrogen) atoms. The Bertz CT molecular complexity index is 1380. The number of pyridine rings is 1. The Morgan fingerprint density at radius 3 is 2.88 bits per heavy atom. The van der Waals surface area contributed by atoms with Crippen LogP contribution in [0, 0.1) is 11.3 Å². The molecule has 5 rings (SSSR count). The highest BCUT2D eigenvalue weighted by atomic mass is 16.2. The monoisotopic (exact) mass is 428 g/mol. The molecule has 1 atom stereocenters. The van der Waals surface area contributed by atoms with Gasteiger partial charge < -0.3 is 9.47 Å². The average Bonchev–Trinajstić information content (AvgIpc) is 3.39. The summed E-state index contributed by atoms with van der Waals surface area (Å²) in [7, 11) is 0. The van der Waals surface area contributed by atoms with E-state index in [0.29, 0.717) is 17.9 Å². The molecule has 0 radical (unpaired) electrons. The van der Waals surface area contributed by atoms with Gasteiger partial charge in [0.1, 0.15) is 11.3 Å². The maximum Gasteiger partial charge on any atom is 0.219 e. The van der Waals surface area contributed by atoms with Gasteiger partial charge in [-0.1, -0.05) is 13.8 Å². The Kier molecular flexibility index (Phi) is 4.85. The van der Waals surface area contributed by atoms with Gasteiger partial charge in [-0.05, 0) is 25.0 Å². The van der Waals surface area contributed by atoms with Crippen LogP contribution in [-0.2, 0) is 4.79 Å². The maximum atomic E-state index is 12.0. The first-order chi connectivity index (χ1) is 15.5. The van der Waals surface area contributed by atoms with E-state index in [1.807, 2.05) is 4.90 Å². The number of carbonyl (C=O) groups is 1. The Hall–Kier alpha value is -3.80. The number of amides is 1. The fourth-order valence-electron chi connectivity index (χ4n) is 4.48. The minimum Gasteiger partial charge on any atom is -0.341 e. The summed E-state index contributed by atoms with van der Waals surface area (Å²) in [5.74, 6) is 1.79. The Balaban J connectivity index is 1.66. The predicted octanol–water partition coefficient (Wildman–Crippen LogP) is 3.32. The Labute approximate surface area is 185 Å². The van der Waals surface area contributed by atoms with Crippen LogP contribution >= 0.6 is 0 Å². The number of fused-ring (bicyclic) bond motifs is 2. The van der Waals surface area contributed by atoms with Gasteiger partial charge >= 0.3 is 0 Å². The number of aromatic nitrogens is 6. The van der Waals surface area contributed by atoms with E-state index in [2.05, 4.69) is 34.6 Å². The predicted molar refractivity (Wildman–Crippen MR) is 119 cm³/mol. The average molecular weight is 429 g/mol. The van der Waals surface area contributed by atoms with E-state index >= 15 is 0 Å². The van der Waals surface area contributed by atoms with Crippen molar-refractivity contribution in [3.8, 4) is 17.5 Å². The quantitative estimate of drug-likeness (QED) is 0.496. The van der Waals surface area contributed by atoms with Crippen LogP contribution in [0.2, 0.25) is 0 Å². The van der Waals surface area contributed by atoms with Crippen molar-refractivity contribution in [3.63, 3.8) is 0 Å². The van der Waals surface area contributed by atoms with E-state index < -0.39 is 0 Å². The molecule has 162 valence electrons. The van der Waals surface area contributed by atoms with Crippen LogP contribution in [0.15, 0.2) is 30.7 Å². The second kappa shape index (κ2) is 7.71. The van der Waals surface area contributed by atoms with Crippen LogP contribution in [0.25, 0.3) is 28.1 Å². The largest absolute Gasteiger partial charge is 0.341 e. The summed E-state index contributed by atoms with van der Waals surface area (Å²) >= 11 is 0. The van der Waals surface area contributed by atoms with E-state index in [9.17, 15) is 10.1 Å². The zero-order chi connectivity index (χ0) is 22.4. The van der Waals surface area contributed by atoms with Crippen LogP contribution in [0.5, 0.6) is 0 Å². The number of piperidine rings is 1. The third-order valence-electron chi connectivity index (χ3n) is 6.07. The zero-order valence-electron chi connectivity index (χ0n) is 18.4. The molecule has 1 aliphatic rings. The molecule has 0 saturated carbocycles. The van der Waals surface area contributed by atoms with Gasteiger partial charge in [-0.15, -0.1) is 0 Å². The summed E-state index contributed by atoms with van der Waals surface area (Å²) in [6.45, 7) is 7.30. The van der Waals surface area contributed by atoms with Crippen molar-refractivity contribution in [3.05, 3.63) is 42.1 Å². The number of nitrogens with zero attached hydrogens (tertiary/aromatic N) is 8. The molecule has 9 nitrogen and oxygen atoms in total. The highest BCUT2D eigenvalue weighted by molar-refractivity contribution is 5.80. The third-order valence-corrected chi connectivity index (χ3v) is 6.07. The molecule has 1 fully saturated rings. The van der Waals surface area contributed by atoms with Crippen LogP contribution in [0.4, 0.5) is 0 Å². The highest BCUT2D eigenvalue weighted by Gasteiger charge is 2.28. The molecule has 0 spiro atoms. The minimum absolute atomic E-state index is 0.0974. The van der Waals surface area contributed by atoms with Crippen molar-refractivity contribution in [2.24, 2.45) is 0 Å². The first-order valence-electron chi connectivity index (χ1n) is 10.8. The van der Waals surface area contributed by atoms with Gasteiger partial charge in [0.15, 0.2) is 11.5 Å². The molecule has 1 saturated heterocycles. The van der Waals surface area contributed by atoms with Crippen LogP contribution in [0.3, 0.4) is 0 Å². The minimum atomic E-state index is 0.0974. The summed E-state index contributed by atoms with van der Waals surface area (Å²) in [5.41, 5.74) is 3.60. The molecule has 0 aromatic carbocycles. The smallest absolute Gasteiger partial charge is 0.219 e. The highest BCUT2D eigenvalue weighted by Crippen LogP contribution is 2.31. The fraction of sp³-hybridized carbons (Fsp3) is 0.391. The van der Waals surface area contributed by atoms with Crippen LogP contribution in [0.1, 0.15) is 57.0 Å². The zero-order valence-corrected chi connectivity index (χ0v) is 18.4. The van der Waals surface area contributed by atoms with Gasteiger partial charge in [-0.2, -0.15) is 10.4 Å². The van der Waals surface area contributed by atoms with Crippen molar-refractivity contribution >= 4 is 22.6 Å². The summed E-state index contributed by atoms with van der Waals surface area (Å²) in [5, 5.41) is 13.7. The Morgan fingerprint density at radius 1 is 1.28 bits per heavy atom. The van der Waals surface area contributed by atoms with Crippen molar-refractivity contribution in [2.45, 2.75) is 45.6 Å². The summed E-state index contributed by atoms with van der Waals surface area (Å²) in [6, 6.07) is 5.80. The molecule has 5 heterocycles. The summed E-state index contributed by atoms with van der Waals surface area (Å²) in [6.07, 6.45) is 7.15. The van der Waals surface area contributed by atoms with Gasteiger partial charge in [0, 0.05) is 32.1 Å². The van der Waals surface area contributed by atoms with Gasteiger partial charge in [-0.3, -0.25) is 4.79 Å². The first-order valence-corrected chi connectivity index (χ1v) is 10.8. The topological polar surface area (TPSA) is 105 Å². The fourth-order valence-corrected chi connectivity index (χ4v) is 4.48. The number of carbonyl (C=O) groups excluding carboxylic acids is 1. The summed E-state index contributed by atoms with van der Waals surface area (Å²) in [4.78, 5) is 28.3. The first kappa shape index (κ1) is 20.1. The van der Waals surface area contributed by atoms with Crippen LogP contribution < -0.4 is 0 Å². The number of rotatable bonds is 3. The van der Waals surface area contributed by atoms with E-state index in [0.717, 1.165) is 47.5 Å². The molecule has 1 aliphatic heterocycles. The molecule has 1 amide bonds. The molecule has 9 heteroatoms. The molecule has 0 aliphatic carbocycles. The lowest BCUT2D eigenvalue weighted by Gasteiger charge is -2.34. The van der Waals surface area contributed by atoms with Crippen molar-refractivity contribution in [1.29, 1.82) is 5.26 Å². The lowest BCUT2D eigenvalue weighted by atomic mass is 10.0. The maximum absolute atomic E-state index is 12.0. The van der Waals surface area contributed by atoms with Gasteiger partial charge in [0.05, 0.1) is 41.1 Å². The van der Waals surface area contributed by atoms with Crippen molar-refractivity contribution in [1.82, 2.24) is 34.0 Å². The van der Waals surface area contributed by atoms with E-state index in [1.54, 1.807) is 42.2 Å². The van der Waals surface area contributed by atoms with E-state index in [1.165, 1.54) is 0 Å². The van der Waals surface area contributed by atoms with Crippen LogP contribution in [-0.4, -0.2) is 53.0 Å². The molecular formula is C23H24N8O. The van der Waals surface area contributed by atoms with E-state index in [4.69, 9.17) is 9.97 Å². The van der Waals surface area contributed by atoms with Crippen molar-refractivity contribution in [2.75, 3.05) is 13.1 Å². The molecular weight excluding hydrogens is 404 g/mol. The second-order valence-corrected chi connectivity index (χ2v) is 8.57. The number of likely N-dealkylation sites (tertiary alicyclic amines) is 1. The molecule has 0 unspecified atom stereocenters. The summed E-state index contributed by atoms with van der Waals surface area (Å²) < 4.78 is 3.92. The number of hydrogen-bond donors (Lipinski definition) is 0. The number of nitriles is 1. The van der Waals surface area contributed by atoms with Gasteiger partial charge in [0.2, 0.25) is 5.91 Å². The Morgan fingerprint density at radius 2 is 2.12 bits per heavy atom. The SMILES string of the molecule is CC(=O)N1CCC[C@H](n2c(C(C)C)nc3cnc(-c4cnn5ccc(C#N)cc45)nc32)C1.